The zero-order chi connectivity index (χ0) is 96.0. The van der Waals surface area contributed by atoms with E-state index in [4.69, 9.17) is 19.3 Å². The van der Waals surface area contributed by atoms with Gasteiger partial charge in [0, 0.05) is 38.9 Å². The third kappa shape index (κ3) is 20.1. The normalized spacial score (nSPS) is 11.1. The first-order valence-electron chi connectivity index (χ1n) is 44.4. The van der Waals surface area contributed by atoms with Gasteiger partial charge in [0.25, 0.3) is 0 Å². The van der Waals surface area contributed by atoms with Crippen molar-refractivity contribution in [2.45, 2.75) is 46.2 Å². The maximum atomic E-state index is 9.59. The average Bonchev–Trinajstić information content (AvgIpc) is 1.63. The highest BCUT2D eigenvalue weighted by molar-refractivity contribution is 5.86. The number of imidazole rings is 6. The van der Waals surface area contributed by atoms with E-state index in [9.17, 15) is 30.6 Å². The van der Waals surface area contributed by atoms with Gasteiger partial charge in [0.2, 0.25) is 0 Å². The summed E-state index contributed by atoms with van der Waals surface area (Å²) in [4.78, 5) is 47.0. The summed E-state index contributed by atoms with van der Waals surface area (Å²) in [5, 5.41) is 110. The minimum Gasteiger partial charge on any atom is -0.497 e. The number of para-hydroxylation sites is 12. The first-order valence-corrected chi connectivity index (χ1v) is 44.4. The number of nitrogens with zero attached hydrogens (tertiary/aromatic N) is 12. The van der Waals surface area contributed by atoms with Crippen LogP contribution in [0.15, 0.2) is 303 Å². The lowest BCUT2D eigenvalue weighted by molar-refractivity contribution is 0.254. The number of ether oxygens (including phenoxy) is 3. The number of aliphatic hydroxyl groups is 7. The number of aliphatic hydroxyl groups excluding tert-OH is 7. The Morgan fingerprint density at radius 3 is 0.900 bits per heavy atom. The van der Waals surface area contributed by atoms with Crippen LogP contribution in [0.2, 0.25) is 0 Å². The van der Waals surface area contributed by atoms with Gasteiger partial charge in [-0.2, -0.15) is 30.6 Å². The Morgan fingerprint density at radius 1 is 0.221 bits per heavy atom. The fraction of sp³-hybridized carbons (Fsp3) is 0.0943. The molecule has 0 atom stereocenters. The number of methoxy groups -OCH3 is 3. The van der Waals surface area contributed by atoms with E-state index in [0.29, 0.717) is 51.0 Å². The van der Waals surface area contributed by atoms with Crippen molar-refractivity contribution in [2.24, 2.45) is 0 Å². The third-order valence-electron chi connectivity index (χ3n) is 23.2. The Kier molecular flexibility index (Phi) is 27.1. The molecule has 0 bridgehead atoms. The first kappa shape index (κ1) is 91.0. The van der Waals surface area contributed by atoms with Crippen LogP contribution >= 0.6 is 0 Å². The smallest absolute Gasteiger partial charge is 0.156 e. The molecule has 0 aliphatic heterocycles. The van der Waals surface area contributed by atoms with Crippen molar-refractivity contribution in [1.82, 2.24) is 121 Å². The standard InChI is InChI=1S/C19H18N4O3.3C18H16N4O2.C17H14N4O.C16H12N4/c1-26-18-7-11(6-12(9-24)13(18)10-25)16-8-17(23-22-16)19-20-14-4-2-3-5-15(14)21-19;1-24-13-7-11(10-23)6-12(8-13)16-9-17(22-21-16)18-19-14-4-2-3-5-15(14)20-18;1-24-17-8-11(10-23)6-7-12(17)15-9-16(22-21-15)18-19-13-4-2-3-5-14(13)20-18;23-9-12-6-5-11(7-13(12)10-24)16-8-17(22-21-16)18-19-14-3-1-2-4-15(14)20-18;22-10-11-5-7-12(8-6-11)15-9-16(21-20-15)17-18-13-3-1-2-4-14(13)19-17;1-2-6-11(7-3-1)14-10-15(20-19-14)16-17-12-8-4-5-9-13(12)18-16/h2-8,24-25H,9-10H2,1H3,(H,20,21)(H,22,23);2*2-9,23H,10H2,1H3,(H,19,20)(H,21,22);1-8,23-24H,9-10H2,(H,19,20)(H,21,22);1-9,22H,10H2,(H,18,19)(H,20,21);1-10H,(H,17,18)(H,19,20). The molecule has 24 aromatic rings. The Hall–Kier alpha value is -18.2. The Balaban J connectivity index is 0.000000107. The summed E-state index contributed by atoms with van der Waals surface area (Å²) in [6.45, 7) is -0.645. The van der Waals surface area contributed by atoms with Gasteiger partial charge in [-0.3, -0.25) is 30.6 Å². The average molecular weight is 1860 g/mol. The van der Waals surface area contributed by atoms with E-state index in [1.165, 1.54) is 7.11 Å². The summed E-state index contributed by atoms with van der Waals surface area (Å²) >= 11 is 0. The van der Waals surface area contributed by atoms with Crippen LogP contribution < -0.4 is 14.2 Å². The summed E-state index contributed by atoms with van der Waals surface area (Å²) in [6.07, 6.45) is 0. The van der Waals surface area contributed by atoms with Crippen molar-refractivity contribution >= 4 is 66.2 Å². The topological polar surface area (TPSA) is 513 Å². The Labute approximate surface area is 796 Å². The molecule has 24 rings (SSSR count). The SMILES string of the molecule is COc1cc(-c2cc(-c3nc4ccccc4[nH]3)[nH]n2)cc(CO)c1CO.COc1cc(CO)cc(-c2cc(-c3nc4ccccc4[nH]3)[nH]n2)c1.COc1cc(CO)ccc1-c1cc(-c2nc3ccccc3[nH]2)[nH]n1.OCc1ccc(-c2cc(-c3nc4ccccc4[nH]3)[nH]n2)cc1.OCc1ccc(-c2cc(-c3nc4ccccc4[nH]3)[nH]n2)cc1CO.c1ccc(-c2cc(-c3nc4ccccc4[nH]3)[nH]n2)cc1. The van der Waals surface area contributed by atoms with Crippen LogP contribution in [-0.2, 0) is 46.2 Å². The molecule has 34 heteroatoms. The van der Waals surface area contributed by atoms with Gasteiger partial charge in [0.05, 0.1) is 168 Å². The molecule has 0 saturated heterocycles. The summed E-state index contributed by atoms with van der Waals surface area (Å²) in [7, 11) is 4.74. The summed E-state index contributed by atoms with van der Waals surface area (Å²) in [6, 6.07) is 96.9. The monoisotopic (exact) mass is 1860 g/mol. The van der Waals surface area contributed by atoms with E-state index >= 15 is 0 Å². The minimum atomic E-state index is -0.204. The van der Waals surface area contributed by atoms with Crippen molar-refractivity contribution in [3.05, 3.63) is 342 Å². The maximum Gasteiger partial charge on any atom is 0.156 e. The number of fused-ring (bicyclic) bond motifs is 6. The Morgan fingerprint density at radius 2 is 0.543 bits per heavy atom. The van der Waals surface area contributed by atoms with Gasteiger partial charge in [-0.1, -0.05) is 146 Å². The van der Waals surface area contributed by atoms with Crippen LogP contribution in [0.1, 0.15) is 38.9 Å². The van der Waals surface area contributed by atoms with Gasteiger partial charge in [0.1, 0.15) is 51.4 Å². The van der Waals surface area contributed by atoms with Gasteiger partial charge in [-0.05, 0) is 191 Å². The van der Waals surface area contributed by atoms with Crippen LogP contribution in [0.4, 0.5) is 0 Å². The van der Waals surface area contributed by atoms with Crippen LogP contribution in [0.3, 0.4) is 0 Å². The minimum absolute atomic E-state index is 0.0263. The van der Waals surface area contributed by atoms with E-state index < -0.39 is 0 Å². The highest BCUT2D eigenvalue weighted by Gasteiger charge is 2.21. The molecule has 12 aromatic heterocycles. The molecule has 0 unspecified atom stereocenters. The lowest BCUT2D eigenvalue weighted by Crippen LogP contribution is -1.99. The Bertz CT molecular complexity index is 8110. The lowest BCUT2D eigenvalue weighted by Gasteiger charge is -2.12. The molecule has 0 aliphatic carbocycles. The number of aromatic amines is 12. The zero-order valence-electron chi connectivity index (χ0n) is 75.5. The van der Waals surface area contributed by atoms with Gasteiger partial charge < -0.3 is 79.9 Å². The van der Waals surface area contributed by atoms with Crippen LogP contribution in [0.25, 0.3) is 203 Å². The number of aromatic nitrogens is 24. The molecule has 12 aromatic carbocycles. The zero-order valence-corrected chi connectivity index (χ0v) is 75.5. The second-order valence-corrected chi connectivity index (χ2v) is 32.2. The van der Waals surface area contributed by atoms with Crippen molar-refractivity contribution in [2.75, 3.05) is 21.3 Å². The molecule has 0 aliphatic rings. The van der Waals surface area contributed by atoms with Gasteiger partial charge in [0.15, 0.2) is 34.9 Å². The number of rotatable bonds is 22. The molecular formula is C106H92N24O10. The molecule has 0 amide bonds. The maximum absolute atomic E-state index is 9.59. The fourth-order valence-electron chi connectivity index (χ4n) is 15.9. The first-order chi connectivity index (χ1) is 68.8. The van der Waals surface area contributed by atoms with E-state index in [-0.39, 0.29) is 46.2 Å². The summed E-state index contributed by atoms with van der Waals surface area (Å²) in [5.41, 5.74) is 31.5. The second-order valence-electron chi connectivity index (χ2n) is 32.2. The van der Waals surface area contributed by atoms with Crippen LogP contribution in [0.5, 0.6) is 17.2 Å². The number of nitrogens with one attached hydrogen (secondary N) is 12. The van der Waals surface area contributed by atoms with E-state index in [2.05, 4.69) is 121 Å². The highest BCUT2D eigenvalue weighted by Crippen LogP contribution is 2.37. The summed E-state index contributed by atoms with van der Waals surface area (Å²) in [5.74, 6) is 6.35. The van der Waals surface area contributed by atoms with E-state index in [1.807, 2.05) is 279 Å². The number of hydrogen-bond acceptors (Lipinski definition) is 22. The molecule has 0 radical (unpaired) electrons. The molecule has 0 saturated carbocycles. The van der Waals surface area contributed by atoms with Crippen LogP contribution in [-0.4, -0.2) is 178 Å². The van der Waals surface area contributed by atoms with Crippen molar-refractivity contribution < 1.29 is 50.0 Å². The third-order valence-corrected chi connectivity index (χ3v) is 23.2. The predicted molar refractivity (Wildman–Crippen MR) is 536 cm³/mol. The van der Waals surface area contributed by atoms with Gasteiger partial charge in [-0.15, -0.1) is 0 Å². The quantitative estimate of drug-likeness (QED) is 0.0300. The fourth-order valence-corrected chi connectivity index (χ4v) is 15.9. The molecule has 34 nitrogen and oxygen atoms in total. The van der Waals surface area contributed by atoms with Crippen molar-refractivity contribution in [3.8, 4) is 154 Å². The highest BCUT2D eigenvalue weighted by atomic mass is 16.5. The number of hydrogen-bond donors (Lipinski definition) is 19. The molecule has 696 valence electrons. The van der Waals surface area contributed by atoms with Crippen LogP contribution in [0, 0.1) is 0 Å². The summed E-state index contributed by atoms with van der Waals surface area (Å²) < 4.78 is 16.0. The van der Waals surface area contributed by atoms with Crippen molar-refractivity contribution in [1.29, 1.82) is 0 Å². The van der Waals surface area contributed by atoms with E-state index in [1.54, 1.807) is 38.5 Å². The lowest BCUT2D eigenvalue weighted by atomic mass is 10.0. The number of H-pyrrole nitrogens is 12. The second kappa shape index (κ2) is 41.8. The van der Waals surface area contributed by atoms with Gasteiger partial charge >= 0.3 is 0 Å². The largest absolute Gasteiger partial charge is 0.497 e. The van der Waals surface area contributed by atoms with Gasteiger partial charge in [-0.25, -0.2) is 29.9 Å². The number of benzene rings is 12. The predicted octanol–water partition coefficient (Wildman–Crippen LogP) is 18.2. The molecule has 140 heavy (non-hydrogen) atoms. The molecule has 12 heterocycles. The van der Waals surface area contributed by atoms with Crippen molar-refractivity contribution in [3.63, 3.8) is 0 Å². The molecular weight excluding hydrogens is 1770 g/mol. The van der Waals surface area contributed by atoms with E-state index in [0.717, 1.165) is 208 Å². The molecule has 19 N–H and O–H groups in total. The molecule has 0 spiro atoms. The molecule has 0 fully saturated rings.